The van der Waals surface area contributed by atoms with Crippen LogP contribution in [0.4, 0.5) is 5.69 Å². The Hall–Kier alpha value is -2.95. The van der Waals surface area contributed by atoms with Gasteiger partial charge in [-0.1, -0.05) is 41.6 Å². The van der Waals surface area contributed by atoms with E-state index in [0.29, 0.717) is 27.9 Å². The molecule has 0 spiro atoms. The molecule has 8 heteroatoms. The third-order valence-electron chi connectivity index (χ3n) is 4.84. The summed E-state index contributed by atoms with van der Waals surface area (Å²) in [4.78, 5) is 24.7. The predicted molar refractivity (Wildman–Crippen MR) is 123 cm³/mol. The van der Waals surface area contributed by atoms with Crippen LogP contribution in [0.15, 0.2) is 53.1 Å². The molecule has 0 saturated heterocycles. The largest absolute Gasteiger partial charge is 0.494 e. The van der Waals surface area contributed by atoms with Gasteiger partial charge in [-0.2, -0.15) is 5.26 Å². The van der Waals surface area contributed by atoms with Crippen LogP contribution < -0.4 is 15.4 Å². The standard InChI is InChI=1S/C23H22ClN3O3S/c1-3-30-16-9-7-15(8-10-16)17-11-21(28)27-23(18(17)12-25)31-13-22(29)26-20-6-4-5-19(24)14(20)2/h4-10,17H,3,11,13H2,1-2H3,(H,26,29)(H,27,28)/t17-/m1/s1. The van der Waals surface area contributed by atoms with Gasteiger partial charge in [0.15, 0.2) is 0 Å². The van der Waals surface area contributed by atoms with Crippen LogP contribution in [0, 0.1) is 18.3 Å². The number of carbonyl (C=O) groups is 2. The number of thioether (sulfide) groups is 1. The zero-order valence-corrected chi connectivity index (χ0v) is 18.8. The lowest BCUT2D eigenvalue weighted by molar-refractivity contribution is -0.121. The van der Waals surface area contributed by atoms with E-state index in [0.717, 1.165) is 28.6 Å². The predicted octanol–water partition coefficient (Wildman–Crippen LogP) is 4.76. The van der Waals surface area contributed by atoms with Crippen LogP contribution >= 0.6 is 23.4 Å². The van der Waals surface area contributed by atoms with Gasteiger partial charge in [0, 0.05) is 23.0 Å². The lowest BCUT2D eigenvalue weighted by Crippen LogP contribution is -2.31. The number of anilines is 1. The molecule has 2 N–H and O–H groups in total. The van der Waals surface area contributed by atoms with Crippen molar-refractivity contribution < 1.29 is 14.3 Å². The molecule has 31 heavy (non-hydrogen) atoms. The molecular weight excluding hydrogens is 434 g/mol. The zero-order chi connectivity index (χ0) is 22.4. The minimum atomic E-state index is -0.366. The lowest BCUT2D eigenvalue weighted by Gasteiger charge is -2.25. The fraction of sp³-hybridized carbons (Fsp3) is 0.261. The van der Waals surface area contributed by atoms with Gasteiger partial charge in [0.2, 0.25) is 11.8 Å². The second kappa shape index (κ2) is 10.4. The Bertz CT molecular complexity index is 1060. The van der Waals surface area contributed by atoms with Crippen LogP contribution in [-0.2, 0) is 9.59 Å². The fourth-order valence-corrected chi connectivity index (χ4v) is 4.30. The van der Waals surface area contributed by atoms with E-state index in [1.54, 1.807) is 18.2 Å². The molecule has 0 saturated carbocycles. The smallest absolute Gasteiger partial charge is 0.234 e. The molecule has 3 rings (SSSR count). The summed E-state index contributed by atoms with van der Waals surface area (Å²) >= 11 is 7.23. The van der Waals surface area contributed by atoms with Crippen molar-refractivity contribution in [2.24, 2.45) is 0 Å². The molecule has 0 radical (unpaired) electrons. The van der Waals surface area contributed by atoms with Crippen molar-refractivity contribution in [1.29, 1.82) is 5.26 Å². The van der Waals surface area contributed by atoms with Gasteiger partial charge in [-0.05, 0) is 49.2 Å². The Morgan fingerprint density at radius 1 is 1.32 bits per heavy atom. The third-order valence-corrected chi connectivity index (χ3v) is 6.27. The van der Waals surface area contributed by atoms with Gasteiger partial charge in [-0.25, -0.2) is 0 Å². The normalized spacial score (nSPS) is 15.8. The highest BCUT2D eigenvalue weighted by Crippen LogP contribution is 2.36. The molecule has 0 aliphatic carbocycles. The van der Waals surface area contributed by atoms with E-state index in [1.165, 1.54) is 0 Å². The first kappa shape index (κ1) is 22.7. The van der Waals surface area contributed by atoms with Gasteiger partial charge < -0.3 is 15.4 Å². The van der Waals surface area contributed by atoms with Crippen LogP contribution in [-0.4, -0.2) is 24.2 Å². The van der Waals surface area contributed by atoms with Gasteiger partial charge in [-0.3, -0.25) is 9.59 Å². The number of nitriles is 1. The van der Waals surface area contributed by atoms with E-state index in [2.05, 4.69) is 16.7 Å². The summed E-state index contributed by atoms with van der Waals surface area (Å²) in [6.45, 7) is 4.29. The molecule has 2 amide bonds. The number of nitrogens with zero attached hydrogens (tertiary/aromatic N) is 1. The molecule has 160 valence electrons. The average molecular weight is 456 g/mol. The van der Waals surface area contributed by atoms with E-state index >= 15 is 0 Å². The van der Waals surface area contributed by atoms with Crippen LogP contribution in [0.5, 0.6) is 5.75 Å². The van der Waals surface area contributed by atoms with Gasteiger partial charge in [0.05, 0.1) is 29.0 Å². The summed E-state index contributed by atoms with van der Waals surface area (Å²) < 4.78 is 5.46. The molecule has 2 aromatic rings. The summed E-state index contributed by atoms with van der Waals surface area (Å²) in [5.74, 6) is -0.0289. The number of amides is 2. The Balaban J connectivity index is 1.75. The van der Waals surface area contributed by atoms with Crippen molar-refractivity contribution in [3.63, 3.8) is 0 Å². The summed E-state index contributed by atoms with van der Waals surface area (Å²) in [6, 6.07) is 14.9. The molecule has 6 nitrogen and oxygen atoms in total. The molecule has 0 fully saturated rings. The van der Waals surface area contributed by atoms with E-state index < -0.39 is 0 Å². The van der Waals surface area contributed by atoms with E-state index in [4.69, 9.17) is 16.3 Å². The minimum absolute atomic E-state index is 0.0444. The van der Waals surface area contributed by atoms with Crippen molar-refractivity contribution in [3.8, 4) is 11.8 Å². The molecule has 1 atom stereocenters. The Kier molecular flexibility index (Phi) is 7.61. The molecule has 0 aromatic heterocycles. The van der Waals surface area contributed by atoms with Crippen LogP contribution in [0.3, 0.4) is 0 Å². The van der Waals surface area contributed by atoms with Crippen molar-refractivity contribution in [1.82, 2.24) is 5.32 Å². The number of carbonyl (C=O) groups excluding carboxylic acids is 2. The highest BCUT2D eigenvalue weighted by atomic mass is 35.5. The number of nitrogens with one attached hydrogen (secondary N) is 2. The van der Waals surface area contributed by atoms with Gasteiger partial charge >= 0.3 is 0 Å². The average Bonchev–Trinajstić information content (AvgIpc) is 2.76. The number of ether oxygens (including phenoxy) is 1. The van der Waals surface area contributed by atoms with Crippen molar-refractivity contribution in [2.45, 2.75) is 26.2 Å². The van der Waals surface area contributed by atoms with Crippen LogP contribution in [0.25, 0.3) is 0 Å². The van der Waals surface area contributed by atoms with E-state index in [-0.39, 0.29) is 29.9 Å². The molecule has 2 aromatic carbocycles. The van der Waals surface area contributed by atoms with E-state index in [9.17, 15) is 14.9 Å². The second-order valence-corrected chi connectivity index (χ2v) is 8.30. The number of hydrogen-bond acceptors (Lipinski definition) is 5. The molecule has 1 aliphatic rings. The van der Waals surface area contributed by atoms with Gasteiger partial charge in [0.1, 0.15) is 5.75 Å². The number of allylic oxidation sites excluding steroid dienone is 1. The maximum Gasteiger partial charge on any atom is 0.234 e. The summed E-state index contributed by atoms with van der Waals surface area (Å²) in [5.41, 5.74) is 2.71. The van der Waals surface area contributed by atoms with Gasteiger partial charge in [-0.15, -0.1) is 0 Å². The molecule has 0 unspecified atom stereocenters. The van der Waals surface area contributed by atoms with Crippen LogP contribution in [0.2, 0.25) is 5.02 Å². The number of hydrogen-bond donors (Lipinski definition) is 2. The number of benzene rings is 2. The first-order chi connectivity index (χ1) is 14.9. The molecule has 1 aliphatic heterocycles. The Labute approximate surface area is 190 Å². The number of halogens is 1. The molecular formula is C23H22ClN3O3S. The quantitative estimate of drug-likeness (QED) is 0.628. The highest BCUT2D eigenvalue weighted by molar-refractivity contribution is 8.03. The Morgan fingerprint density at radius 3 is 2.74 bits per heavy atom. The minimum Gasteiger partial charge on any atom is -0.494 e. The summed E-state index contributed by atoms with van der Waals surface area (Å²) in [7, 11) is 0. The third kappa shape index (κ3) is 5.60. The maximum atomic E-state index is 12.4. The van der Waals surface area contributed by atoms with E-state index in [1.807, 2.05) is 38.1 Å². The Morgan fingerprint density at radius 2 is 2.06 bits per heavy atom. The van der Waals surface area contributed by atoms with Crippen molar-refractivity contribution in [3.05, 3.63) is 69.2 Å². The highest BCUT2D eigenvalue weighted by Gasteiger charge is 2.30. The van der Waals surface area contributed by atoms with Crippen molar-refractivity contribution >= 4 is 40.9 Å². The SMILES string of the molecule is CCOc1ccc([C@H]2CC(=O)NC(SCC(=O)Nc3cccc(Cl)c3C)=C2C#N)cc1. The monoisotopic (exact) mass is 455 g/mol. The first-order valence-electron chi connectivity index (χ1n) is 9.77. The molecule has 0 bridgehead atoms. The fourth-order valence-electron chi connectivity index (χ4n) is 3.25. The van der Waals surface area contributed by atoms with Gasteiger partial charge in [0.25, 0.3) is 0 Å². The lowest BCUT2D eigenvalue weighted by atomic mass is 9.87. The number of rotatable bonds is 7. The summed E-state index contributed by atoms with van der Waals surface area (Å²) in [6.07, 6.45) is 0.175. The second-order valence-electron chi connectivity index (χ2n) is 6.91. The van der Waals surface area contributed by atoms with Crippen LogP contribution in [0.1, 0.15) is 30.4 Å². The first-order valence-corrected chi connectivity index (χ1v) is 11.1. The van der Waals surface area contributed by atoms with Crippen molar-refractivity contribution in [2.75, 3.05) is 17.7 Å². The zero-order valence-electron chi connectivity index (χ0n) is 17.2. The molecule has 1 heterocycles. The maximum absolute atomic E-state index is 12.4. The summed E-state index contributed by atoms with van der Waals surface area (Å²) in [5, 5.41) is 16.3. The topological polar surface area (TPSA) is 91.2 Å².